The minimum atomic E-state index is 0.637. The van der Waals surface area contributed by atoms with Crippen molar-refractivity contribution < 1.29 is 0 Å². The molecule has 0 saturated heterocycles. The van der Waals surface area contributed by atoms with Gasteiger partial charge in [-0.05, 0) is 73.0 Å². The van der Waals surface area contributed by atoms with Crippen molar-refractivity contribution in [1.82, 2.24) is 0 Å². The molecule has 3 fully saturated rings. The second-order valence-corrected chi connectivity index (χ2v) is 9.07. The SMILES string of the molecule is CC1CCC(C2CC(C)(C)C3CCC(C)CC23)CC1. The second kappa shape index (κ2) is 5.08. The van der Waals surface area contributed by atoms with Gasteiger partial charge in [-0.25, -0.2) is 0 Å². The fraction of sp³-hybridized carbons (Fsp3) is 1.00. The van der Waals surface area contributed by atoms with Gasteiger partial charge in [0.15, 0.2) is 0 Å². The van der Waals surface area contributed by atoms with Gasteiger partial charge in [0.05, 0.1) is 0 Å². The molecule has 0 N–H and O–H groups in total. The fourth-order valence-corrected chi connectivity index (χ4v) is 6.01. The molecular weight excluding hydrogens is 228 g/mol. The molecule has 0 aromatic heterocycles. The first-order valence-corrected chi connectivity index (χ1v) is 8.97. The van der Waals surface area contributed by atoms with Gasteiger partial charge < -0.3 is 0 Å². The van der Waals surface area contributed by atoms with Crippen molar-refractivity contribution in [1.29, 1.82) is 0 Å². The molecule has 3 aliphatic carbocycles. The van der Waals surface area contributed by atoms with Crippen LogP contribution in [0.2, 0.25) is 0 Å². The molecular formula is C19H34. The smallest absolute Gasteiger partial charge is 0.0320 e. The second-order valence-electron chi connectivity index (χ2n) is 9.07. The van der Waals surface area contributed by atoms with Crippen LogP contribution in [0.5, 0.6) is 0 Å². The van der Waals surface area contributed by atoms with Gasteiger partial charge in [0, 0.05) is 0 Å². The van der Waals surface area contributed by atoms with E-state index in [0.29, 0.717) is 5.41 Å². The van der Waals surface area contributed by atoms with Gasteiger partial charge in [0.1, 0.15) is 0 Å². The lowest BCUT2D eigenvalue weighted by atomic mass is 9.66. The van der Waals surface area contributed by atoms with Gasteiger partial charge in [-0.1, -0.05) is 47.0 Å². The van der Waals surface area contributed by atoms with E-state index in [1.54, 1.807) is 19.3 Å². The lowest BCUT2D eigenvalue weighted by Gasteiger charge is -2.40. The first-order valence-electron chi connectivity index (χ1n) is 8.97. The zero-order valence-electron chi connectivity index (χ0n) is 13.6. The fourth-order valence-electron chi connectivity index (χ4n) is 6.01. The predicted molar refractivity (Wildman–Crippen MR) is 83.0 cm³/mol. The quantitative estimate of drug-likeness (QED) is 0.551. The third-order valence-corrected chi connectivity index (χ3v) is 7.14. The van der Waals surface area contributed by atoms with E-state index in [4.69, 9.17) is 0 Å². The van der Waals surface area contributed by atoms with E-state index in [0.717, 1.165) is 35.5 Å². The number of fused-ring (bicyclic) bond motifs is 1. The Labute approximate surface area is 120 Å². The molecule has 3 rings (SSSR count). The van der Waals surface area contributed by atoms with Crippen molar-refractivity contribution in [2.45, 2.75) is 79.1 Å². The van der Waals surface area contributed by atoms with Crippen molar-refractivity contribution in [3.8, 4) is 0 Å². The van der Waals surface area contributed by atoms with Crippen LogP contribution in [0.4, 0.5) is 0 Å². The molecule has 0 aromatic carbocycles. The highest BCUT2D eigenvalue weighted by molar-refractivity contribution is 5.00. The Morgan fingerprint density at radius 3 is 2.05 bits per heavy atom. The van der Waals surface area contributed by atoms with Crippen LogP contribution in [0.1, 0.15) is 79.1 Å². The van der Waals surface area contributed by atoms with Gasteiger partial charge in [-0.15, -0.1) is 0 Å². The standard InChI is InChI=1S/C19H34/c1-13-5-8-15(9-6-13)17-12-19(3,4)18-10-7-14(2)11-16(17)18/h13-18H,5-12H2,1-4H3. The molecule has 3 saturated carbocycles. The van der Waals surface area contributed by atoms with E-state index in [-0.39, 0.29) is 0 Å². The molecule has 4 unspecified atom stereocenters. The van der Waals surface area contributed by atoms with Crippen LogP contribution >= 0.6 is 0 Å². The molecule has 0 heterocycles. The Balaban J connectivity index is 1.74. The largest absolute Gasteiger partial charge is 0.0625 e. The lowest BCUT2D eigenvalue weighted by molar-refractivity contribution is 0.100. The van der Waals surface area contributed by atoms with Crippen LogP contribution in [-0.2, 0) is 0 Å². The van der Waals surface area contributed by atoms with Crippen LogP contribution in [0.15, 0.2) is 0 Å². The minimum Gasteiger partial charge on any atom is -0.0625 e. The van der Waals surface area contributed by atoms with Gasteiger partial charge in [0.25, 0.3) is 0 Å². The average molecular weight is 262 g/mol. The van der Waals surface area contributed by atoms with Crippen molar-refractivity contribution in [2.24, 2.45) is 40.9 Å². The minimum absolute atomic E-state index is 0.637. The van der Waals surface area contributed by atoms with E-state index in [1.807, 2.05) is 0 Å². The zero-order chi connectivity index (χ0) is 13.6. The summed E-state index contributed by atoms with van der Waals surface area (Å²) in [6, 6.07) is 0. The van der Waals surface area contributed by atoms with Crippen LogP contribution in [0.3, 0.4) is 0 Å². The highest BCUT2D eigenvalue weighted by Gasteiger charge is 2.51. The number of rotatable bonds is 1. The van der Waals surface area contributed by atoms with Crippen molar-refractivity contribution in [2.75, 3.05) is 0 Å². The predicted octanol–water partition coefficient (Wildman–Crippen LogP) is 5.91. The molecule has 4 atom stereocenters. The highest BCUT2D eigenvalue weighted by atomic mass is 14.6. The molecule has 110 valence electrons. The summed E-state index contributed by atoms with van der Waals surface area (Å²) in [5.41, 5.74) is 0.637. The number of hydrogen-bond acceptors (Lipinski definition) is 0. The van der Waals surface area contributed by atoms with E-state index < -0.39 is 0 Å². The maximum absolute atomic E-state index is 2.58. The lowest BCUT2D eigenvalue weighted by Crippen LogP contribution is -2.31. The van der Waals surface area contributed by atoms with Gasteiger partial charge in [-0.2, -0.15) is 0 Å². The summed E-state index contributed by atoms with van der Waals surface area (Å²) in [7, 11) is 0. The van der Waals surface area contributed by atoms with Crippen LogP contribution in [0.25, 0.3) is 0 Å². The first-order chi connectivity index (χ1) is 8.97. The normalized spacial score (nSPS) is 49.9. The third-order valence-electron chi connectivity index (χ3n) is 7.14. The van der Waals surface area contributed by atoms with Crippen LogP contribution in [0, 0.1) is 40.9 Å². The topological polar surface area (TPSA) is 0 Å². The summed E-state index contributed by atoms with van der Waals surface area (Å²) >= 11 is 0. The molecule has 19 heavy (non-hydrogen) atoms. The Morgan fingerprint density at radius 2 is 1.37 bits per heavy atom. The summed E-state index contributed by atoms with van der Waals surface area (Å²) < 4.78 is 0. The van der Waals surface area contributed by atoms with E-state index in [1.165, 1.54) is 32.1 Å². The maximum Gasteiger partial charge on any atom is -0.0320 e. The molecule has 0 nitrogen and oxygen atoms in total. The van der Waals surface area contributed by atoms with E-state index in [9.17, 15) is 0 Å². The molecule has 0 spiro atoms. The van der Waals surface area contributed by atoms with Crippen LogP contribution < -0.4 is 0 Å². The molecule has 0 aromatic rings. The van der Waals surface area contributed by atoms with Gasteiger partial charge in [0.2, 0.25) is 0 Å². The molecule has 0 amide bonds. The molecule has 0 heteroatoms. The molecule has 0 radical (unpaired) electrons. The highest BCUT2D eigenvalue weighted by Crippen LogP contribution is 2.60. The van der Waals surface area contributed by atoms with E-state index in [2.05, 4.69) is 27.7 Å². The average Bonchev–Trinajstić information content (AvgIpc) is 2.62. The summed E-state index contributed by atoms with van der Waals surface area (Å²) in [6.07, 6.45) is 12.2. The Hall–Kier alpha value is 0. The van der Waals surface area contributed by atoms with Crippen LogP contribution in [-0.4, -0.2) is 0 Å². The maximum atomic E-state index is 2.58. The first kappa shape index (κ1) is 14.0. The zero-order valence-corrected chi connectivity index (χ0v) is 13.6. The van der Waals surface area contributed by atoms with Crippen molar-refractivity contribution in [3.05, 3.63) is 0 Å². The van der Waals surface area contributed by atoms with Crippen molar-refractivity contribution >= 4 is 0 Å². The molecule has 0 aliphatic heterocycles. The summed E-state index contributed by atoms with van der Waals surface area (Å²) in [4.78, 5) is 0. The Bertz CT molecular complexity index is 308. The van der Waals surface area contributed by atoms with E-state index >= 15 is 0 Å². The van der Waals surface area contributed by atoms with Crippen molar-refractivity contribution in [3.63, 3.8) is 0 Å². The molecule has 0 bridgehead atoms. The third kappa shape index (κ3) is 2.61. The molecule has 3 aliphatic rings. The Kier molecular flexibility index (Phi) is 3.73. The summed E-state index contributed by atoms with van der Waals surface area (Å²) in [5.74, 6) is 6.29. The van der Waals surface area contributed by atoms with Gasteiger partial charge in [-0.3, -0.25) is 0 Å². The summed E-state index contributed by atoms with van der Waals surface area (Å²) in [6.45, 7) is 10.1. The Morgan fingerprint density at radius 1 is 0.737 bits per heavy atom. The monoisotopic (exact) mass is 262 g/mol. The number of hydrogen-bond donors (Lipinski definition) is 0. The van der Waals surface area contributed by atoms with Gasteiger partial charge >= 0.3 is 0 Å². The summed E-state index contributed by atoms with van der Waals surface area (Å²) in [5, 5.41) is 0.